The Labute approximate surface area is 136 Å². The van der Waals surface area contributed by atoms with E-state index < -0.39 is 11.1 Å². The van der Waals surface area contributed by atoms with Crippen molar-refractivity contribution in [3.05, 3.63) is 23.8 Å². The van der Waals surface area contributed by atoms with Crippen LogP contribution in [-0.4, -0.2) is 45.7 Å². The third-order valence-corrected chi connectivity index (χ3v) is 3.85. The van der Waals surface area contributed by atoms with Crippen molar-refractivity contribution in [3.63, 3.8) is 0 Å². The number of carbonyl (C=O) groups excluding carboxylic acids is 1. The molecule has 7 heteroatoms. The van der Waals surface area contributed by atoms with Crippen LogP contribution in [0.3, 0.4) is 0 Å². The number of amides is 1. The number of rotatable bonds is 1. The van der Waals surface area contributed by atoms with Gasteiger partial charge in [0.05, 0.1) is 5.54 Å². The lowest BCUT2D eigenvalue weighted by Gasteiger charge is -2.48. The molecule has 1 aromatic rings. The maximum atomic E-state index is 12.7. The van der Waals surface area contributed by atoms with Crippen molar-refractivity contribution in [1.29, 1.82) is 5.26 Å². The van der Waals surface area contributed by atoms with Crippen LogP contribution >= 0.6 is 0 Å². The van der Waals surface area contributed by atoms with Crippen molar-refractivity contribution in [1.82, 2.24) is 20.2 Å². The summed E-state index contributed by atoms with van der Waals surface area (Å²) < 4.78 is 5.58. The molecule has 1 aliphatic rings. The summed E-state index contributed by atoms with van der Waals surface area (Å²) in [5.41, 5.74) is -0.445. The Morgan fingerprint density at radius 3 is 2.61 bits per heavy atom. The molecule has 0 aliphatic carbocycles. The molecule has 0 spiro atoms. The number of nitriles is 1. The molecule has 1 saturated heterocycles. The summed E-state index contributed by atoms with van der Waals surface area (Å²) in [5.74, 6) is 0.109. The van der Waals surface area contributed by atoms with E-state index in [0.29, 0.717) is 13.1 Å². The van der Waals surface area contributed by atoms with Crippen LogP contribution in [0.1, 0.15) is 46.0 Å². The van der Waals surface area contributed by atoms with E-state index in [1.807, 2.05) is 40.7 Å². The molecule has 2 heterocycles. The second-order valence-electron chi connectivity index (χ2n) is 7.01. The van der Waals surface area contributed by atoms with Crippen LogP contribution < -0.4 is 5.32 Å². The minimum atomic E-state index is -0.645. The largest absolute Gasteiger partial charge is 0.444 e. The molecular weight excluding hydrogens is 294 g/mol. The molecule has 7 nitrogen and oxygen atoms in total. The summed E-state index contributed by atoms with van der Waals surface area (Å²) >= 11 is 0. The summed E-state index contributed by atoms with van der Waals surface area (Å²) in [4.78, 5) is 22.5. The maximum absolute atomic E-state index is 12.7. The van der Waals surface area contributed by atoms with E-state index in [2.05, 4.69) is 15.3 Å². The van der Waals surface area contributed by atoms with Gasteiger partial charge in [0.25, 0.3) is 0 Å². The quantitative estimate of drug-likeness (QED) is 0.849. The van der Waals surface area contributed by atoms with E-state index in [9.17, 15) is 4.79 Å². The van der Waals surface area contributed by atoms with Crippen molar-refractivity contribution in [2.45, 2.75) is 51.8 Å². The molecule has 0 bridgehead atoms. The number of ether oxygens (including phenoxy) is 1. The minimum Gasteiger partial charge on any atom is -0.444 e. The van der Waals surface area contributed by atoms with Gasteiger partial charge in [-0.3, -0.25) is 4.90 Å². The fourth-order valence-corrected chi connectivity index (χ4v) is 2.78. The van der Waals surface area contributed by atoms with E-state index in [1.165, 1.54) is 0 Å². The summed E-state index contributed by atoms with van der Waals surface area (Å²) in [7, 11) is 0. The maximum Gasteiger partial charge on any atom is 0.411 e. The van der Waals surface area contributed by atoms with Crippen LogP contribution in [-0.2, 0) is 10.3 Å². The number of piperazine rings is 1. The van der Waals surface area contributed by atoms with Crippen molar-refractivity contribution >= 4 is 6.09 Å². The molecule has 0 saturated carbocycles. The highest BCUT2D eigenvalue weighted by Gasteiger charge is 2.44. The first-order valence-corrected chi connectivity index (χ1v) is 7.63. The van der Waals surface area contributed by atoms with Crippen LogP contribution in [0.25, 0.3) is 0 Å². The molecule has 0 radical (unpaired) electrons. The van der Waals surface area contributed by atoms with Gasteiger partial charge in [0, 0.05) is 37.1 Å². The molecule has 2 rings (SSSR count). The van der Waals surface area contributed by atoms with E-state index >= 15 is 0 Å². The number of hydrogen-bond acceptors (Lipinski definition) is 6. The average Bonchev–Trinajstić information content (AvgIpc) is 2.45. The Morgan fingerprint density at radius 1 is 1.48 bits per heavy atom. The normalized spacial score (nSPS) is 24.9. The summed E-state index contributed by atoms with van der Waals surface area (Å²) in [6.07, 6.45) is 2.84. The highest BCUT2D eigenvalue weighted by molar-refractivity contribution is 5.70. The number of hydrogen-bond donors (Lipinski definition) is 1. The van der Waals surface area contributed by atoms with Crippen LogP contribution in [0.15, 0.2) is 12.4 Å². The molecule has 1 fully saturated rings. The molecule has 23 heavy (non-hydrogen) atoms. The molecule has 0 aromatic carbocycles. The van der Waals surface area contributed by atoms with E-state index in [-0.39, 0.29) is 18.0 Å². The van der Waals surface area contributed by atoms with Crippen LogP contribution in [0, 0.1) is 11.3 Å². The second kappa shape index (κ2) is 6.13. The number of nitrogens with zero attached hydrogens (tertiary/aromatic N) is 4. The summed E-state index contributed by atoms with van der Waals surface area (Å²) in [6.45, 7) is 10.7. The minimum absolute atomic E-state index is 0.0424. The van der Waals surface area contributed by atoms with Crippen molar-refractivity contribution in [3.8, 4) is 6.07 Å². The van der Waals surface area contributed by atoms with Gasteiger partial charge in [-0.1, -0.05) is 0 Å². The predicted octanol–water partition coefficient (Wildman–Crippen LogP) is 1.79. The van der Waals surface area contributed by atoms with Crippen molar-refractivity contribution in [2.75, 3.05) is 13.1 Å². The van der Waals surface area contributed by atoms with Gasteiger partial charge in [-0.05, 0) is 34.6 Å². The molecule has 1 N–H and O–H groups in total. The van der Waals surface area contributed by atoms with Gasteiger partial charge in [-0.2, -0.15) is 5.26 Å². The van der Waals surface area contributed by atoms with Gasteiger partial charge in [-0.15, -0.1) is 0 Å². The van der Waals surface area contributed by atoms with Gasteiger partial charge < -0.3 is 10.1 Å². The molecule has 1 amide bonds. The Bertz CT molecular complexity index is 617. The highest BCUT2D eigenvalue weighted by atomic mass is 16.6. The van der Waals surface area contributed by atoms with Crippen LogP contribution in [0.5, 0.6) is 0 Å². The lowest BCUT2D eigenvalue weighted by Crippen LogP contribution is -2.64. The van der Waals surface area contributed by atoms with E-state index in [0.717, 1.165) is 5.56 Å². The summed E-state index contributed by atoms with van der Waals surface area (Å²) in [6, 6.07) is 1.86. The third-order valence-electron chi connectivity index (χ3n) is 3.85. The fourth-order valence-electron chi connectivity index (χ4n) is 2.78. The van der Waals surface area contributed by atoms with Crippen LogP contribution in [0.4, 0.5) is 4.79 Å². The molecule has 124 valence electrons. The second-order valence-corrected chi connectivity index (χ2v) is 7.01. The molecule has 1 aliphatic heterocycles. The van der Waals surface area contributed by atoms with Gasteiger partial charge in [0.15, 0.2) is 0 Å². The van der Waals surface area contributed by atoms with E-state index in [1.54, 1.807) is 17.3 Å². The smallest absolute Gasteiger partial charge is 0.411 e. The van der Waals surface area contributed by atoms with Gasteiger partial charge in [0.2, 0.25) is 5.82 Å². The molecule has 2 unspecified atom stereocenters. The fraction of sp³-hybridized carbons (Fsp3) is 0.625. The summed E-state index contributed by atoms with van der Waals surface area (Å²) in [5, 5.41) is 12.2. The topological polar surface area (TPSA) is 91.1 Å². The standard InChI is InChI=1S/C16H23N5O2/c1-11-7-18-10-16(5,12-8-19-13(6-17)20-9-12)21(11)14(22)23-15(2,3)4/h8-9,11,18H,7,10H2,1-5H3. The van der Waals surface area contributed by atoms with Crippen molar-refractivity contribution < 1.29 is 9.53 Å². The number of carbonyl (C=O) groups is 1. The molecule has 2 atom stereocenters. The number of nitrogens with one attached hydrogen (secondary N) is 1. The lowest BCUT2D eigenvalue weighted by atomic mass is 9.88. The Kier molecular flexibility index (Phi) is 4.57. The SMILES string of the molecule is CC1CNCC(C)(c2cnc(C#N)nc2)N1C(=O)OC(C)(C)C. The molecule has 1 aromatic heterocycles. The zero-order valence-electron chi connectivity index (χ0n) is 14.3. The first kappa shape index (κ1) is 17.2. The van der Waals surface area contributed by atoms with Crippen molar-refractivity contribution in [2.24, 2.45) is 0 Å². The zero-order chi connectivity index (χ0) is 17.3. The predicted molar refractivity (Wildman–Crippen MR) is 84.5 cm³/mol. The molecular formula is C16H23N5O2. The van der Waals surface area contributed by atoms with Gasteiger partial charge in [-0.25, -0.2) is 14.8 Å². The first-order chi connectivity index (χ1) is 10.7. The third kappa shape index (κ3) is 3.59. The zero-order valence-corrected chi connectivity index (χ0v) is 14.3. The lowest BCUT2D eigenvalue weighted by molar-refractivity contribution is -0.0244. The first-order valence-electron chi connectivity index (χ1n) is 7.63. The monoisotopic (exact) mass is 317 g/mol. The van der Waals surface area contributed by atoms with Crippen LogP contribution in [0.2, 0.25) is 0 Å². The van der Waals surface area contributed by atoms with E-state index in [4.69, 9.17) is 10.00 Å². The van der Waals surface area contributed by atoms with Gasteiger partial charge in [0.1, 0.15) is 11.7 Å². The average molecular weight is 317 g/mol. The Hall–Kier alpha value is -2.20. The van der Waals surface area contributed by atoms with Gasteiger partial charge >= 0.3 is 6.09 Å². The number of aromatic nitrogens is 2. The highest BCUT2D eigenvalue weighted by Crippen LogP contribution is 2.32. The Balaban J connectivity index is 2.38. The Morgan fingerprint density at radius 2 is 2.09 bits per heavy atom.